The molecule has 1 atom stereocenters. The normalized spacial score (nSPS) is 22.7. The molecule has 2 rings (SSSR count). The van der Waals surface area contributed by atoms with E-state index < -0.39 is 12.1 Å². The number of nitrogens with one attached hydrogen (secondary N) is 2. The van der Waals surface area contributed by atoms with Crippen molar-refractivity contribution in [2.75, 3.05) is 0 Å². The van der Waals surface area contributed by atoms with Gasteiger partial charge in [0, 0.05) is 12.1 Å². The van der Waals surface area contributed by atoms with Crippen LogP contribution in [0.1, 0.15) is 44.6 Å². The molecule has 134 valence electrons. The van der Waals surface area contributed by atoms with Crippen molar-refractivity contribution in [1.82, 2.24) is 10.6 Å². The third kappa shape index (κ3) is 6.06. The van der Waals surface area contributed by atoms with Crippen molar-refractivity contribution in [3.8, 4) is 0 Å². The van der Waals surface area contributed by atoms with Crippen LogP contribution in [0, 0.1) is 5.92 Å². The summed E-state index contributed by atoms with van der Waals surface area (Å²) in [5, 5.41) is 5.67. The zero-order chi connectivity index (χ0) is 17.6. The fourth-order valence-electron chi connectivity index (χ4n) is 3.12. The monoisotopic (exact) mass is 342 g/mol. The van der Waals surface area contributed by atoms with Gasteiger partial charge in [0.05, 0.1) is 5.92 Å². The molecule has 1 aliphatic rings. The number of carbonyl (C=O) groups excluding carboxylic acids is 1. The zero-order valence-corrected chi connectivity index (χ0v) is 13.9. The van der Waals surface area contributed by atoms with Crippen LogP contribution in [-0.4, -0.2) is 24.3 Å². The van der Waals surface area contributed by atoms with E-state index in [4.69, 9.17) is 0 Å². The van der Waals surface area contributed by atoms with E-state index >= 15 is 0 Å². The van der Waals surface area contributed by atoms with Crippen LogP contribution in [0.4, 0.5) is 18.0 Å². The lowest BCUT2D eigenvalue weighted by Gasteiger charge is -2.30. The summed E-state index contributed by atoms with van der Waals surface area (Å²) < 4.78 is 37.9. The molecule has 0 aromatic heterocycles. The molecule has 0 saturated heterocycles. The maximum Gasteiger partial charge on any atom is 0.391 e. The highest BCUT2D eigenvalue weighted by atomic mass is 19.4. The minimum Gasteiger partial charge on any atom is -0.336 e. The summed E-state index contributed by atoms with van der Waals surface area (Å²) in [5.41, 5.74) is 1.22. The zero-order valence-electron chi connectivity index (χ0n) is 13.9. The molecule has 1 aromatic carbocycles. The summed E-state index contributed by atoms with van der Waals surface area (Å²) >= 11 is 0. The molecule has 1 aromatic rings. The Balaban J connectivity index is 1.66. The molecule has 1 fully saturated rings. The number of urea groups is 1. The first-order valence-electron chi connectivity index (χ1n) is 8.52. The van der Waals surface area contributed by atoms with E-state index in [0.717, 1.165) is 12.8 Å². The number of carbonyl (C=O) groups is 1. The van der Waals surface area contributed by atoms with Gasteiger partial charge in [-0.1, -0.05) is 30.3 Å². The van der Waals surface area contributed by atoms with Crippen LogP contribution in [0.2, 0.25) is 0 Å². The molecule has 3 nitrogen and oxygen atoms in total. The van der Waals surface area contributed by atoms with Crippen molar-refractivity contribution in [1.29, 1.82) is 0 Å². The highest BCUT2D eigenvalue weighted by molar-refractivity contribution is 5.74. The fraction of sp³-hybridized carbons (Fsp3) is 0.611. The number of hydrogen-bond donors (Lipinski definition) is 2. The molecular formula is C18H25F3N2O. The molecule has 2 amide bonds. The van der Waals surface area contributed by atoms with Gasteiger partial charge in [-0.2, -0.15) is 13.2 Å². The number of alkyl halides is 3. The molecule has 0 aliphatic heterocycles. The van der Waals surface area contributed by atoms with Crippen molar-refractivity contribution in [2.45, 2.75) is 63.7 Å². The van der Waals surface area contributed by atoms with E-state index in [9.17, 15) is 18.0 Å². The highest BCUT2D eigenvalue weighted by Crippen LogP contribution is 2.37. The summed E-state index contributed by atoms with van der Waals surface area (Å²) in [6.45, 7) is 1.93. The Morgan fingerprint density at radius 1 is 1.17 bits per heavy atom. The molecular weight excluding hydrogens is 317 g/mol. The molecule has 6 heteroatoms. The predicted octanol–water partition coefficient (Wildman–Crippen LogP) is 4.43. The Morgan fingerprint density at radius 3 is 2.38 bits per heavy atom. The number of rotatable bonds is 5. The van der Waals surface area contributed by atoms with Crippen molar-refractivity contribution >= 4 is 6.03 Å². The van der Waals surface area contributed by atoms with Crippen LogP contribution < -0.4 is 10.6 Å². The van der Waals surface area contributed by atoms with Gasteiger partial charge in [-0.3, -0.25) is 0 Å². The Kier molecular flexibility index (Phi) is 6.52. The van der Waals surface area contributed by atoms with Crippen LogP contribution in [-0.2, 0) is 6.42 Å². The fourth-order valence-corrected chi connectivity index (χ4v) is 3.12. The first-order chi connectivity index (χ1) is 11.3. The average molecular weight is 342 g/mol. The maximum absolute atomic E-state index is 12.6. The standard InChI is InChI=1S/C18H25F3N2O/c1-13(7-8-14-5-3-2-4-6-14)22-17(24)23-16-11-9-15(10-12-16)18(19,20)21/h2-6,13,15-16H,7-12H2,1H3,(H2,22,23,24)/t13-,15?,16?/m0/s1. The predicted molar refractivity (Wildman–Crippen MR) is 87.7 cm³/mol. The highest BCUT2D eigenvalue weighted by Gasteiger charge is 2.41. The maximum atomic E-state index is 12.6. The third-order valence-electron chi connectivity index (χ3n) is 4.61. The lowest BCUT2D eigenvalue weighted by molar-refractivity contribution is -0.182. The summed E-state index contributed by atoms with van der Waals surface area (Å²) in [6, 6.07) is 9.59. The van der Waals surface area contributed by atoms with Gasteiger partial charge in [0.2, 0.25) is 0 Å². The SMILES string of the molecule is C[C@@H](CCc1ccccc1)NC(=O)NC1CCC(C(F)(F)F)CC1. The molecule has 24 heavy (non-hydrogen) atoms. The smallest absolute Gasteiger partial charge is 0.336 e. The second-order valence-corrected chi connectivity index (χ2v) is 6.63. The summed E-state index contributed by atoms with van der Waals surface area (Å²) in [6.07, 6.45) is -1.46. The number of hydrogen-bond acceptors (Lipinski definition) is 1. The van der Waals surface area contributed by atoms with Crippen LogP contribution in [0.15, 0.2) is 30.3 Å². The molecule has 0 spiro atoms. The van der Waals surface area contributed by atoms with Gasteiger partial charge in [0.25, 0.3) is 0 Å². The van der Waals surface area contributed by atoms with E-state index in [1.54, 1.807) is 0 Å². The van der Waals surface area contributed by atoms with Gasteiger partial charge in [0.1, 0.15) is 0 Å². The van der Waals surface area contributed by atoms with Gasteiger partial charge < -0.3 is 10.6 Å². The van der Waals surface area contributed by atoms with Crippen molar-refractivity contribution in [3.05, 3.63) is 35.9 Å². The van der Waals surface area contributed by atoms with Crippen molar-refractivity contribution < 1.29 is 18.0 Å². The number of benzene rings is 1. The van der Waals surface area contributed by atoms with Crippen LogP contribution in [0.25, 0.3) is 0 Å². The molecule has 0 unspecified atom stereocenters. The summed E-state index contributed by atoms with van der Waals surface area (Å²) in [7, 11) is 0. The molecule has 1 aliphatic carbocycles. The second-order valence-electron chi connectivity index (χ2n) is 6.63. The van der Waals surface area contributed by atoms with Gasteiger partial charge in [-0.25, -0.2) is 4.79 Å². The van der Waals surface area contributed by atoms with Crippen molar-refractivity contribution in [2.24, 2.45) is 5.92 Å². The molecule has 0 bridgehead atoms. The summed E-state index contributed by atoms with van der Waals surface area (Å²) in [4.78, 5) is 12.0. The minimum atomic E-state index is -4.11. The van der Waals surface area contributed by atoms with Crippen LogP contribution in [0.5, 0.6) is 0 Å². The molecule has 1 saturated carbocycles. The lowest BCUT2D eigenvalue weighted by atomic mass is 9.85. The van der Waals surface area contributed by atoms with E-state index in [1.807, 2.05) is 37.3 Å². The second kappa shape index (κ2) is 8.40. The van der Waals surface area contributed by atoms with Crippen molar-refractivity contribution in [3.63, 3.8) is 0 Å². The van der Waals surface area contributed by atoms with E-state index in [-0.39, 0.29) is 31.0 Å². The number of amides is 2. The van der Waals surface area contributed by atoms with Gasteiger partial charge in [-0.15, -0.1) is 0 Å². The molecule has 2 N–H and O–H groups in total. The molecule has 0 radical (unpaired) electrons. The van der Waals surface area contributed by atoms with Gasteiger partial charge >= 0.3 is 12.2 Å². The van der Waals surface area contributed by atoms with Crippen LogP contribution in [0.3, 0.4) is 0 Å². The third-order valence-corrected chi connectivity index (χ3v) is 4.61. The number of aryl methyl sites for hydroxylation is 1. The Morgan fingerprint density at radius 2 is 1.79 bits per heavy atom. The Hall–Kier alpha value is -1.72. The quantitative estimate of drug-likeness (QED) is 0.817. The van der Waals surface area contributed by atoms with E-state index in [2.05, 4.69) is 10.6 Å². The molecule has 0 heterocycles. The Bertz CT molecular complexity index is 511. The first-order valence-corrected chi connectivity index (χ1v) is 8.52. The summed E-state index contributed by atoms with van der Waals surface area (Å²) in [5.74, 6) is -1.22. The van der Waals surface area contributed by atoms with Gasteiger partial charge in [0.15, 0.2) is 0 Å². The number of halogens is 3. The van der Waals surface area contributed by atoms with Gasteiger partial charge in [-0.05, 0) is 51.0 Å². The van der Waals surface area contributed by atoms with Crippen LogP contribution >= 0.6 is 0 Å². The average Bonchev–Trinajstić information content (AvgIpc) is 2.53. The topological polar surface area (TPSA) is 41.1 Å². The van der Waals surface area contributed by atoms with E-state index in [1.165, 1.54) is 5.56 Å². The Labute approximate surface area is 141 Å². The minimum absolute atomic E-state index is 0.0109. The largest absolute Gasteiger partial charge is 0.391 e. The first kappa shape index (κ1) is 18.6. The lowest BCUT2D eigenvalue weighted by Crippen LogP contribution is -2.47. The van der Waals surface area contributed by atoms with E-state index in [0.29, 0.717) is 12.8 Å².